The summed E-state index contributed by atoms with van der Waals surface area (Å²) in [7, 11) is 8.16. The average molecular weight is 771 g/mol. The average Bonchev–Trinajstić information content (AvgIpc) is 2.95. The molecule has 0 aliphatic rings. The number of guanidine groups is 1. The fourth-order valence-electron chi connectivity index (χ4n) is 3.74. The molecule has 0 radical (unpaired) electrons. The number of nitrogens with one attached hydrogen (secondary N) is 1. The Morgan fingerprint density at radius 1 is 0.689 bits per heavy atom. The van der Waals surface area contributed by atoms with E-state index in [4.69, 9.17) is 79.1 Å². The normalized spacial score (nSPS) is 10.3. The summed E-state index contributed by atoms with van der Waals surface area (Å²) in [5, 5.41) is 12.1. The first-order valence-electron chi connectivity index (χ1n) is 14.6. The van der Waals surface area contributed by atoms with Crippen LogP contribution in [-0.2, 0) is 0 Å². The molecule has 0 amide bonds. The van der Waals surface area contributed by atoms with Crippen molar-refractivity contribution in [1.82, 2.24) is 10.2 Å². The van der Waals surface area contributed by atoms with Gasteiger partial charge in [0.1, 0.15) is 11.5 Å². The highest BCUT2D eigenvalue weighted by molar-refractivity contribution is 6.63. The van der Waals surface area contributed by atoms with Crippen molar-refractivity contribution >= 4 is 86.9 Å². The molecule has 0 heterocycles. The molecule has 2 rings (SSSR count). The lowest BCUT2D eigenvalue weighted by Gasteiger charge is -2.13. The van der Waals surface area contributed by atoms with E-state index >= 15 is 0 Å². The summed E-state index contributed by atoms with van der Waals surface area (Å²) in [4.78, 5) is 2.08. The fourth-order valence-corrected chi connectivity index (χ4v) is 3.74. The van der Waals surface area contributed by atoms with Crippen LogP contribution in [-0.4, -0.2) is 72.0 Å². The molecule has 258 valence electrons. The molecule has 0 aliphatic heterocycles. The second-order valence-electron chi connectivity index (χ2n) is 9.89. The minimum Gasteiger partial charge on any atom is -1.00 e. The maximum atomic E-state index is 5.86. The minimum absolute atomic E-state index is 0. The van der Waals surface area contributed by atoms with Crippen molar-refractivity contribution in [2.24, 2.45) is 10.2 Å². The van der Waals surface area contributed by atoms with Gasteiger partial charge in [0.15, 0.2) is 8.59 Å². The summed E-state index contributed by atoms with van der Waals surface area (Å²) in [6.07, 6.45) is 9.63. The van der Waals surface area contributed by atoms with Gasteiger partial charge in [0.2, 0.25) is 0 Å². The predicted octanol–water partition coefficient (Wildman–Crippen LogP) is 7.76. The molecule has 0 spiro atoms. The second-order valence-corrected chi connectivity index (χ2v) is 13.9. The van der Waals surface area contributed by atoms with E-state index in [0.717, 1.165) is 61.2 Å². The van der Waals surface area contributed by atoms with Gasteiger partial charge in [-0.3, -0.25) is 14.8 Å². The fraction of sp³-hybridized carbons (Fsp3) is 0.581. The summed E-state index contributed by atoms with van der Waals surface area (Å²) in [6.45, 7) is 4.62. The van der Waals surface area contributed by atoms with Crippen LogP contribution in [0.15, 0.2) is 58.8 Å². The van der Waals surface area contributed by atoms with E-state index < -0.39 is 8.59 Å². The molecule has 1 N–H and O–H groups in total. The number of unbranched alkanes of at least 4 members (excludes halogenated alkanes) is 6. The zero-order valence-corrected chi connectivity index (χ0v) is 32.1. The number of azo groups is 1. The first-order valence-corrected chi connectivity index (χ1v) is 17.3. The van der Waals surface area contributed by atoms with Crippen molar-refractivity contribution < 1.29 is 26.5 Å². The van der Waals surface area contributed by atoms with E-state index in [9.17, 15) is 0 Å². The molecular formula is C31H48Cl7N5O2. The quantitative estimate of drug-likeness (QED) is 0.0474. The van der Waals surface area contributed by atoms with Gasteiger partial charge in [-0.1, -0.05) is 109 Å². The zero-order chi connectivity index (χ0) is 33.2. The Balaban J connectivity index is 0. The molecule has 0 fully saturated rings. The van der Waals surface area contributed by atoms with Crippen molar-refractivity contribution in [1.29, 1.82) is 0 Å². The number of halogens is 7. The van der Waals surface area contributed by atoms with Gasteiger partial charge in [0.05, 0.1) is 59.3 Å². The molecule has 0 saturated carbocycles. The standard InChI is InChI=1S/C29H45N5O2.2CHCl3.ClH/c1-6-7-8-9-10-12-23-35-27-18-14-25(15-19-27)31-32-26-16-20-28(21-17-26)36-24-13-11-22-30-29(33(2)3)34(4)5;2*2-1(3)4;/h14-21H,6-13,22-24H2,1-5H3;2*1H;1H. The van der Waals surface area contributed by atoms with E-state index in [1.54, 1.807) is 0 Å². The Hall–Kier alpha value is -1.06. The summed E-state index contributed by atoms with van der Waals surface area (Å²) >= 11 is 28.8. The van der Waals surface area contributed by atoms with E-state index in [0.29, 0.717) is 6.61 Å². The topological polar surface area (TPSA) is 61.5 Å². The monoisotopic (exact) mass is 767 g/mol. The van der Waals surface area contributed by atoms with Crippen LogP contribution in [0.4, 0.5) is 11.4 Å². The first kappa shape index (κ1) is 46.1. The molecule has 0 aliphatic carbocycles. The Bertz CT molecular complexity index is 1010. The highest BCUT2D eigenvalue weighted by Gasteiger charge is 2.09. The maximum Gasteiger partial charge on any atom is 0.347 e. The van der Waals surface area contributed by atoms with Gasteiger partial charge >= 0.3 is 5.96 Å². The largest absolute Gasteiger partial charge is 1.00 e. The van der Waals surface area contributed by atoms with Crippen molar-refractivity contribution in [3.8, 4) is 11.5 Å². The number of hydrogen-bond donors (Lipinski definition) is 1. The molecule has 0 unspecified atom stereocenters. The highest BCUT2D eigenvalue weighted by Crippen LogP contribution is 2.23. The molecule has 14 heteroatoms. The van der Waals surface area contributed by atoms with Crippen LogP contribution in [0.2, 0.25) is 0 Å². The van der Waals surface area contributed by atoms with E-state index in [-0.39, 0.29) is 12.4 Å². The Labute approximate surface area is 306 Å². The van der Waals surface area contributed by atoms with Crippen LogP contribution >= 0.6 is 69.6 Å². The third-order valence-electron chi connectivity index (χ3n) is 5.69. The Kier molecular flexibility index (Phi) is 31.0. The number of benzene rings is 2. The third-order valence-corrected chi connectivity index (χ3v) is 5.69. The van der Waals surface area contributed by atoms with Gasteiger partial charge in [-0.25, -0.2) is 0 Å². The van der Waals surface area contributed by atoms with Crippen LogP contribution in [0.25, 0.3) is 0 Å². The van der Waals surface area contributed by atoms with Gasteiger partial charge in [-0.15, -0.1) is 0 Å². The molecule has 0 bridgehead atoms. The summed E-state index contributed by atoms with van der Waals surface area (Å²) in [6, 6.07) is 15.5. The van der Waals surface area contributed by atoms with Gasteiger partial charge in [0.25, 0.3) is 0 Å². The number of rotatable bonds is 16. The highest BCUT2D eigenvalue weighted by atomic mass is 35.6. The lowest BCUT2D eigenvalue weighted by molar-refractivity contribution is -0.472. The molecule has 0 atom stereocenters. The van der Waals surface area contributed by atoms with Gasteiger partial charge in [-0.2, -0.15) is 10.2 Å². The summed E-state index contributed by atoms with van der Waals surface area (Å²) in [5.74, 6) is 2.84. The van der Waals surface area contributed by atoms with Crippen molar-refractivity contribution in [2.75, 3.05) is 47.9 Å². The van der Waals surface area contributed by atoms with Crippen LogP contribution < -0.4 is 27.2 Å². The minimum atomic E-state index is -0.750. The first-order chi connectivity index (χ1) is 21.0. The van der Waals surface area contributed by atoms with Crippen molar-refractivity contribution in [3.63, 3.8) is 0 Å². The zero-order valence-electron chi connectivity index (χ0n) is 26.8. The number of ether oxygens (including phenoxy) is 2. The lowest BCUT2D eigenvalue weighted by atomic mass is 10.1. The molecule has 45 heavy (non-hydrogen) atoms. The van der Waals surface area contributed by atoms with Gasteiger partial charge in [0, 0.05) is 0 Å². The van der Waals surface area contributed by atoms with E-state index in [2.05, 4.69) is 31.9 Å². The SMILES string of the molecule is CCCCCCCCOc1ccc(N=Nc2ccc(OCCCCNC(N(C)C)=[N+](C)C)cc2)cc1.ClC(Cl)Cl.ClC(Cl)Cl.[Cl-]. The Morgan fingerprint density at radius 2 is 1.07 bits per heavy atom. The molecule has 0 aromatic heterocycles. The number of alkyl halides is 6. The molecule has 7 nitrogen and oxygen atoms in total. The molecular weight excluding hydrogens is 723 g/mol. The number of nitrogens with zero attached hydrogens (tertiary/aromatic N) is 4. The Morgan fingerprint density at radius 3 is 1.44 bits per heavy atom. The van der Waals surface area contributed by atoms with Crippen LogP contribution in [0.5, 0.6) is 11.5 Å². The van der Waals surface area contributed by atoms with Crippen LogP contribution in [0.1, 0.15) is 58.3 Å². The lowest BCUT2D eigenvalue weighted by Crippen LogP contribution is -3.00. The van der Waals surface area contributed by atoms with Gasteiger partial charge < -0.3 is 21.9 Å². The molecule has 2 aromatic rings. The summed E-state index contributed by atoms with van der Waals surface area (Å²) < 4.78 is 12.3. The second kappa shape index (κ2) is 30.3. The maximum absolute atomic E-state index is 5.86. The predicted molar refractivity (Wildman–Crippen MR) is 192 cm³/mol. The van der Waals surface area contributed by atoms with E-state index in [1.807, 2.05) is 76.7 Å². The van der Waals surface area contributed by atoms with Crippen LogP contribution in [0.3, 0.4) is 0 Å². The van der Waals surface area contributed by atoms with Gasteiger partial charge in [-0.05, 0) is 67.8 Å². The smallest absolute Gasteiger partial charge is 0.347 e. The summed E-state index contributed by atoms with van der Waals surface area (Å²) in [5.41, 5.74) is 1.60. The van der Waals surface area contributed by atoms with E-state index in [1.165, 1.54) is 32.1 Å². The van der Waals surface area contributed by atoms with Crippen molar-refractivity contribution in [3.05, 3.63) is 48.5 Å². The third kappa shape index (κ3) is 28.9. The van der Waals surface area contributed by atoms with Crippen LogP contribution in [0, 0.1) is 0 Å². The molecule has 0 saturated heterocycles. The molecule has 2 aromatic carbocycles. The van der Waals surface area contributed by atoms with Crippen molar-refractivity contribution in [2.45, 2.75) is 66.9 Å². The number of hydrogen-bond acceptors (Lipinski definition) is 4.